The molecular formula is C26H24N6O3. The number of hydrogen-bond donors (Lipinski definition) is 3. The summed E-state index contributed by atoms with van der Waals surface area (Å²) in [6, 6.07) is 11.2. The molecule has 1 amide bonds. The van der Waals surface area contributed by atoms with E-state index in [0.717, 1.165) is 54.8 Å². The number of hydrogen-bond acceptors (Lipinski definition) is 8. The average molecular weight is 469 g/mol. The molecular weight excluding hydrogens is 444 g/mol. The number of pyridine rings is 2. The molecule has 35 heavy (non-hydrogen) atoms. The molecule has 0 aliphatic carbocycles. The fourth-order valence-electron chi connectivity index (χ4n) is 4.79. The number of benzene rings is 1. The fourth-order valence-corrected chi connectivity index (χ4v) is 4.79. The number of oxazole rings is 1. The number of anilines is 2. The van der Waals surface area contributed by atoms with Gasteiger partial charge in [0.05, 0.1) is 0 Å². The molecule has 2 aliphatic heterocycles. The molecule has 0 radical (unpaired) electrons. The van der Waals surface area contributed by atoms with Gasteiger partial charge in [-0.05, 0) is 67.9 Å². The molecule has 1 fully saturated rings. The third-order valence-electron chi connectivity index (χ3n) is 6.56. The lowest BCUT2D eigenvalue weighted by Crippen LogP contribution is -2.45. The van der Waals surface area contributed by atoms with Gasteiger partial charge < -0.3 is 25.5 Å². The minimum Gasteiger partial charge on any atom is -0.487 e. The SMILES string of the molecule is Nc1cc(-c2nc(C(=O)Nc3cc4c(cc3-c3ccncc3)OC3(CCNCC3)C4)co2)ccn1. The van der Waals surface area contributed by atoms with E-state index in [1.165, 1.54) is 6.26 Å². The Hall–Kier alpha value is -4.24. The van der Waals surface area contributed by atoms with Gasteiger partial charge in [-0.3, -0.25) is 9.78 Å². The van der Waals surface area contributed by atoms with Crippen molar-refractivity contribution in [3.63, 3.8) is 0 Å². The van der Waals surface area contributed by atoms with Crippen LogP contribution in [0.3, 0.4) is 0 Å². The Morgan fingerprint density at radius 3 is 2.66 bits per heavy atom. The summed E-state index contributed by atoms with van der Waals surface area (Å²) in [5, 5.41) is 6.44. The molecule has 9 nitrogen and oxygen atoms in total. The first kappa shape index (κ1) is 21.3. The third kappa shape index (κ3) is 4.10. The first-order chi connectivity index (χ1) is 17.1. The van der Waals surface area contributed by atoms with Crippen molar-refractivity contribution in [1.29, 1.82) is 0 Å². The van der Waals surface area contributed by atoms with Crippen LogP contribution < -0.4 is 21.1 Å². The van der Waals surface area contributed by atoms with Crippen molar-refractivity contribution in [1.82, 2.24) is 20.3 Å². The molecule has 0 atom stereocenters. The van der Waals surface area contributed by atoms with E-state index in [1.807, 2.05) is 24.3 Å². The topological polar surface area (TPSA) is 128 Å². The first-order valence-corrected chi connectivity index (χ1v) is 11.5. The predicted octanol–water partition coefficient (Wildman–Crippen LogP) is 3.69. The number of nitrogens with two attached hydrogens (primary N) is 1. The van der Waals surface area contributed by atoms with Crippen molar-refractivity contribution in [2.24, 2.45) is 0 Å². The lowest BCUT2D eigenvalue weighted by molar-refractivity contribution is 0.0600. The van der Waals surface area contributed by atoms with Crippen LogP contribution >= 0.6 is 0 Å². The van der Waals surface area contributed by atoms with Crippen LogP contribution in [0.5, 0.6) is 5.75 Å². The number of rotatable bonds is 4. The van der Waals surface area contributed by atoms with Crippen LogP contribution in [0.2, 0.25) is 0 Å². The molecule has 9 heteroatoms. The molecule has 0 bridgehead atoms. The van der Waals surface area contributed by atoms with Crippen LogP contribution in [0.1, 0.15) is 28.9 Å². The molecule has 1 aromatic carbocycles. The molecule has 0 unspecified atom stereocenters. The zero-order valence-electron chi connectivity index (χ0n) is 19.0. The van der Waals surface area contributed by atoms with Gasteiger partial charge in [-0.1, -0.05) is 0 Å². The normalized spacial score (nSPS) is 16.0. The largest absolute Gasteiger partial charge is 0.487 e. The van der Waals surface area contributed by atoms with Gasteiger partial charge in [0.1, 0.15) is 23.4 Å². The summed E-state index contributed by atoms with van der Waals surface area (Å²) in [5.41, 5.74) is 9.96. The van der Waals surface area contributed by atoms with Gasteiger partial charge in [-0.2, -0.15) is 0 Å². The van der Waals surface area contributed by atoms with Crippen LogP contribution in [0.25, 0.3) is 22.6 Å². The number of piperidine rings is 1. The van der Waals surface area contributed by atoms with Crippen LogP contribution in [-0.4, -0.2) is 39.5 Å². The molecule has 3 aromatic heterocycles. The smallest absolute Gasteiger partial charge is 0.277 e. The molecule has 2 aliphatic rings. The lowest BCUT2D eigenvalue weighted by atomic mass is 9.87. The molecule has 0 saturated carbocycles. The summed E-state index contributed by atoms with van der Waals surface area (Å²) < 4.78 is 12.0. The Morgan fingerprint density at radius 2 is 1.86 bits per heavy atom. The van der Waals surface area contributed by atoms with Gasteiger partial charge in [-0.25, -0.2) is 9.97 Å². The molecule has 1 spiro atoms. The standard InChI is InChI=1S/C26H24N6O3/c27-23-12-17(3-8-30-23)25-32-21(15-34-25)24(33)31-20-11-18-14-26(4-9-29-10-5-26)35-22(18)13-19(20)16-1-6-28-7-2-16/h1-3,6-8,11-13,15,29H,4-5,9-10,14H2,(H2,27,30)(H,31,33). The summed E-state index contributed by atoms with van der Waals surface area (Å²) in [6.07, 6.45) is 9.10. The second-order valence-corrected chi connectivity index (χ2v) is 8.91. The van der Waals surface area contributed by atoms with Crippen molar-refractivity contribution >= 4 is 17.4 Å². The monoisotopic (exact) mass is 468 g/mol. The van der Waals surface area contributed by atoms with Gasteiger partial charge >= 0.3 is 0 Å². The first-order valence-electron chi connectivity index (χ1n) is 11.5. The molecule has 4 aromatic rings. The summed E-state index contributed by atoms with van der Waals surface area (Å²) in [4.78, 5) is 25.6. The van der Waals surface area contributed by atoms with E-state index in [1.54, 1.807) is 30.7 Å². The third-order valence-corrected chi connectivity index (χ3v) is 6.56. The lowest BCUT2D eigenvalue weighted by Gasteiger charge is -2.33. The van der Waals surface area contributed by atoms with Crippen LogP contribution in [0.4, 0.5) is 11.5 Å². The van der Waals surface area contributed by atoms with E-state index in [4.69, 9.17) is 14.9 Å². The van der Waals surface area contributed by atoms with E-state index in [0.29, 0.717) is 23.0 Å². The van der Waals surface area contributed by atoms with Gasteiger partial charge in [0, 0.05) is 47.4 Å². The number of ether oxygens (including phenoxy) is 1. The second kappa shape index (κ2) is 8.52. The number of nitrogens with zero attached hydrogens (tertiary/aromatic N) is 3. The predicted molar refractivity (Wildman–Crippen MR) is 131 cm³/mol. The van der Waals surface area contributed by atoms with Gasteiger partial charge in [0.15, 0.2) is 5.69 Å². The molecule has 176 valence electrons. The van der Waals surface area contributed by atoms with E-state index in [2.05, 4.69) is 25.6 Å². The fraction of sp³-hybridized carbons (Fsp3) is 0.231. The van der Waals surface area contributed by atoms with E-state index < -0.39 is 0 Å². The summed E-state index contributed by atoms with van der Waals surface area (Å²) in [5.74, 6) is 1.15. The summed E-state index contributed by atoms with van der Waals surface area (Å²) in [6.45, 7) is 1.87. The van der Waals surface area contributed by atoms with Crippen LogP contribution in [-0.2, 0) is 6.42 Å². The minimum absolute atomic E-state index is 0.169. The Kier molecular flexibility index (Phi) is 5.18. The number of carbonyl (C=O) groups excluding carboxylic acids is 1. The van der Waals surface area contributed by atoms with Gasteiger partial charge in [0.25, 0.3) is 5.91 Å². The van der Waals surface area contributed by atoms with E-state index >= 15 is 0 Å². The van der Waals surface area contributed by atoms with Gasteiger partial charge in [-0.15, -0.1) is 0 Å². The van der Waals surface area contributed by atoms with Crippen LogP contribution in [0, 0.1) is 0 Å². The highest BCUT2D eigenvalue weighted by Crippen LogP contribution is 2.44. The number of carbonyl (C=O) groups is 1. The van der Waals surface area contributed by atoms with Crippen molar-refractivity contribution in [3.8, 4) is 28.3 Å². The number of nitrogen functional groups attached to an aromatic ring is 1. The van der Waals surface area contributed by atoms with Gasteiger partial charge in [0.2, 0.25) is 5.89 Å². The number of nitrogens with one attached hydrogen (secondary N) is 2. The van der Waals surface area contributed by atoms with Crippen molar-refractivity contribution in [2.45, 2.75) is 24.9 Å². The number of amides is 1. The Labute approximate surface area is 201 Å². The number of aromatic nitrogens is 3. The molecule has 1 saturated heterocycles. The van der Waals surface area contributed by atoms with Crippen molar-refractivity contribution in [3.05, 3.63) is 72.5 Å². The average Bonchev–Trinajstić information content (AvgIpc) is 3.49. The highest BCUT2D eigenvalue weighted by atomic mass is 16.5. The summed E-state index contributed by atoms with van der Waals surface area (Å²) >= 11 is 0. The maximum absolute atomic E-state index is 13.2. The summed E-state index contributed by atoms with van der Waals surface area (Å²) in [7, 11) is 0. The maximum Gasteiger partial charge on any atom is 0.277 e. The number of fused-ring (bicyclic) bond motifs is 1. The maximum atomic E-state index is 13.2. The minimum atomic E-state index is -0.368. The Balaban J connectivity index is 1.32. The van der Waals surface area contributed by atoms with E-state index in [-0.39, 0.29) is 17.2 Å². The Bertz CT molecular complexity index is 1400. The van der Waals surface area contributed by atoms with Crippen LogP contribution in [0.15, 0.2) is 65.7 Å². The molecule has 4 N–H and O–H groups in total. The van der Waals surface area contributed by atoms with E-state index in [9.17, 15) is 4.79 Å². The van der Waals surface area contributed by atoms with Crippen molar-refractivity contribution < 1.29 is 13.9 Å². The highest BCUT2D eigenvalue weighted by molar-refractivity contribution is 6.05. The second-order valence-electron chi connectivity index (χ2n) is 8.91. The highest BCUT2D eigenvalue weighted by Gasteiger charge is 2.40. The van der Waals surface area contributed by atoms with Crippen molar-refractivity contribution in [2.75, 3.05) is 24.1 Å². The zero-order valence-corrected chi connectivity index (χ0v) is 19.0. The quantitative estimate of drug-likeness (QED) is 0.414. The Morgan fingerprint density at radius 1 is 1.06 bits per heavy atom. The zero-order chi connectivity index (χ0) is 23.8. The molecule has 6 rings (SSSR count). The molecule has 5 heterocycles.